The van der Waals surface area contributed by atoms with Crippen molar-refractivity contribution in [3.05, 3.63) is 11.1 Å². The Labute approximate surface area is 129 Å². The number of carbonyl (C=O) groups is 1. The van der Waals surface area contributed by atoms with E-state index in [0.717, 1.165) is 32.7 Å². The third-order valence-electron chi connectivity index (χ3n) is 3.72. The second-order valence-corrected chi connectivity index (χ2v) is 6.50. The lowest BCUT2D eigenvalue weighted by atomic mass is 10.0. The minimum absolute atomic E-state index is 0. The lowest BCUT2D eigenvalue weighted by molar-refractivity contribution is -0.129. The van der Waals surface area contributed by atoms with Gasteiger partial charge in [0.25, 0.3) is 0 Å². The first-order valence-electron chi connectivity index (χ1n) is 6.37. The Hall–Kier alpha value is -0.890. The van der Waals surface area contributed by atoms with Gasteiger partial charge in [-0.25, -0.2) is 4.98 Å². The van der Waals surface area contributed by atoms with E-state index >= 15 is 0 Å². The molecule has 0 bridgehead atoms. The molecule has 4 N–H and O–H groups in total. The lowest BCUT2D eigenvalue weighted by Crippen LogP contribution is -2.59. The summed E-state index contributed by atoms with van der Waals surface area (Å²) in [5.74, 6) is -0.267. The van der Waals surface area contributed by atoms with E-state index in [9.17, 15) is 4.79 Å². The molecule has 0 atom stereocenters. The number of nitrogen functional groups attached to an aromatic ring is 1. The molecular weight excluding hydrogens is 298 g/mol. The molecule has 8 heteroatoms. The van der Waals surface area contributed by atoms with Crippen LogP contribution in [-0.4, -0.2) is 52.4 Å². The van der Waals surface area contributed by atoms with E-state index in [1.807, 2.05) is 20.0 Å². The topological polar surface area (TPSA) is 88.5 Å². The van der Waals surface area contributed by atoms with Crippen LogP contribution in [0.5, 0.6) is 0 Å². The molecule has 0 aromatic carbocycles. The Morgan fingerprint density at radius 3 is 2.45 bits per heavy atom. The van der Waals surface area contributed by atoms with Gasteiger partial charge in [0, 0.05) is 43.8 Å². The molecular formula is C12H22ClN5OS. The number of nitrogens with zero attached hydrogens (tertiary/aromatic N) is 3. The number of primary amides is 1. The molecule has 0 spiro atoms. The summed E-state index contributed by atoms with van der Waals surface area (Å²) >= 11 is 1.53. The second kappa shape index (κ2) is 6.71. The van der Waals surface area contributed by atoms with Crippen LogP contribution in [0.3, 0.4) is 0 Å². The fourth-order valence-electron chi connectivity index (χ4n) is 2.24. The van der Waals surface area contributed by atoms with Crippen LogP contribution in [-0.2, 0) is 11.3 Å². The Kier molecular flexibility index (Phi) is 5.76. The van der Waals surface area contributed by atoms with Gasteiger partial charge in [0.15, 0.2) is 5.13 Å². The number of hydrogen-bond acceptors (Lipinski definition) is 6. The van der Waals surface area contributed by atoms with Crippen LogP contribution in [0.25, 0.3) is 0 Å². The number of piperazine rings is 1. The van der Waals surface area contributed by atoms with Crippen molar-refractivity contribution in [2.45, 2.75) is 25.9 Å². The number of anilines is 1. The molecule has 1 fully saturated rings. The van der Waals surface area contributed by atoms with Crippen molar-refractivity contribution in [3.63, 3.8) is 0 Å². The monoisotopic (exact) mass is 319 g/mol. The molecule has 0 unspecified atom stereocenters. The Bertz CT molecular complexity index is 456. The van der Waals surface area contributed by atoms with Gasteiger partial charge in [-0.15, -0.1) is 23.7 Å². The highest BCUT2D eigenvalue weighted by Gasteiger charge is 2.34. The van der Waals surface area contributed by atoms with Crippen molar-refractivity contribution >= 4 is 34.8 Å². The quantitative estimate of drug-likeness (QED) is 0.845. The SMILES string of the molecule is CC(C)(C(N)=O)N1CCN(Cc2cnc(N)s2)CC1.Cl. The molecule has 0 aliphatic carbocycles. The van der Waals surface area contributed by atoms with Crippen LogP contribution in [0.4, 0.5) is 5.13 Å². The number of hydrogen-bond donors (Lipinski definition) is 2. The van der Waals surface area contributed by atoms with Crippen molar-refractivity contribution in [3.8, 4) is 0 Å². The number of aromatic nitrogens is 1. The molecule has 20 heavy (non-hydrogen) atoms. The number of amides is 1. The van der Waals surface area contributed by atoms with Crippen LogP contribution in [0.1, 0.15) is 18.7 Å². The molecule has 1 aliphatic heterocycles. The molecule has 1 aliphatic rings. The first-order chi connectivity index (χ1) is 8.89. The van der Waals surface area contributed by atoms with Crippen molar-refractivity contribution in [2.24, 2.45) is 5.73 Å². The maximum absolute atomic E-state index is 11.4. The van der Waals surface area contributed by atoms with Gasteiger partial charge < -0.3 is 11.5 Å². The summed E-state index contributed by atoms with van der Waals surface area (Å²) in [6.45, 7) is 8.20. The summed E-state index contributed by atoms with van der Waals surface area (Å²) in [6.07, 6.45) is 1.83. The van der Waals surface area contributed by atoms with Crippen LogP contribution < -0.4 is 11.5 Å². The largest absolute Gasteiger partial charge is 0.375 e. The predicted octanol–water partition coefficient (Wildman–Crippen LogP) is 0.529. The Morgan fingerprint density at radius 1 is 1.40 bits per heavy atom. The van der Waals surface area contributed by atoms with Crippen LogP contribution in [0, 0.1) is 0 Å². The Balaban J connectivity index is 0.00000200. The van der Waals surface area contributed by atoms with Crippen molar-refractivity contribution in [2.75, 3.05) is 31.9 Å². The van der Waals surface area contributed by atoms with Crippen molar-refractivity contribution < 1.29 is 4.79 Å². The van der Waals surface area contributed by atoms with Gasteiger partial charge in [-0.3, -0.25) is 14.6 Å². The van der Waals surface area contributed by atoms with E-state index < -0.39 is 5.54 Å². The third kappa shape index (κ3) is 3.82. The van der Waals surface area contributed by atoms with Gasteiger partial charge >= 0.3 is 0 Å². The molecule has 0 radical (unpaired) electrons. The molecule has 1 aromatic rings. The average molecular weight is 320 g/mol. The first-order valence-corrected chi connectivity index (χ1v) is 7.18. The van der Waals surface area contributed by atoms with Gasteiger partial charge in [0.05, 0.1) is 5.54 Å². The summed E-state index contributed by atoms with van der Waals surface area (Å²) < 4.78 is 0. The molecule has 2 rings (SSSR count). The third-order valence-corrected chi connectivity index (χ3v) is 4.53. The van der Waals surface area contributed by atoms with Crippen molar-refractivity contribution in [1.29, 1.82) is 0 Å². The molecule has 6 nitrogen and oxygen atoms in total. The number of halogens is 1. The maximum atomic E-state index is 11.4. The van der Waals surface area contributed by atoms with E-state index in [0.29, 0.717) is 5.13 Å². The van der Waals surface area contributed by atoms with E-state index in [1.54, 1.807) is 0 Å². The van der Waals surface area contributed by atoms with Gasteiger partial charge in [0.1, 0.15) is 0 Å². The minimum Gasteiger partial charge on any atom is -0.375 e. The standard InChI is InChI=1S/C12H21N5OS.ClH/c1-12(2,10(13)18)17-5-3-16(4-6-17)8-9-7-15-11(14)19-9;/h7H,3-6,8H2,1-2H3,(H2,13,18)(H2,14,15);1H. The summed E-state index contributed by atoms with van der Waals surface area (Å²) in [5, 5.41) is 0.614. The predicted molar refractivity (Wildman–Crippen MR) is 83.9 cm³/mol. The zero-order valence-electron chi connectivity index (χ0n) is 11.8. The summed E-state index contributed by atoms with van der Waals surface area (Å²) in [7, 11) is 0. The lowest BCUT2D eigenvalue weighted by Gasteiger charge is -2.42. The molecule has 0 saturated carbocycles. The average Bonchev–Trinajstić information content (AvgIpc) is 2.75. The highest BCUT2D eigenvalue weighted by molar-refractivity contribution is 7.15. The second-order valence-electron chi connectivity index (χ2n) is 5.35. The van der Waals surface area contributed by atoms with Gasteiger partial charge in [0.2, 0.25) is 5.91 Å². The highest BCUT2D eigenvalue weighted by Crippen LogP contribution is 2.20. The molecule has 2 heterocycles. The molecule has 1 amide bonds. The molecule has 1 aromatic heterocycles. The van der Waals surface area contributed by atoms with Gasteiger partial charge in [-0.1, -0.05) is 0 Å². The molecule has 114 valence electrons. The number of thiazole rings is 1. The van der Waals surface area contributed by atoms with Gasteiger partial charge in [-0.05, 0) is 13.8 Å². The zero-order valence-corrected chi connectivity index (χ0v) is 13.5. The van der Waals surface area contributed by atoms with E-state index in [4.69, 9.17) is 11.5 Å². The fraction of sp³-hybridized carbons (Fsp3) is 0.667. The van der Waals surface area contributed by atoms with Gasteiger partial charge in [-0.2, -0.15) is 0 Å². The van der Waals surface area contributed by atoms with Crippen LogP contribution in [0.15, 0.2) is 6.20 Å². The zero-order chi connectivity index (χ0) is 14.0. The normalized spacial score (nSPS) is 17.7. The van der Waals surface area contributed by atoms with E-state index in [1.165, 1.54) is 16.2 Å². The fourth-order valence-corrected chi connectivity index (χ4v) is 2.96. The summed E-state index contributed by atoms with van der Waals surface area (Å²) in [4.78, 5) is 21.2. The summed E-state index contributed by atoms with van der Waals surface area (Å²) in [6, 6.07) is 0. The Morgan fingerprint density at radius 2 is 2.00 bits per heavy atom. The van der Waals surface area contributed by atoms with Crippen molar-refractivity contribution in [1.82, 2.24) is 14.8 Å². The summed E-state index contributed by atoms with van der Waals surface area (Å²) in [5.41, 5.74) is 10.5. The first kappa shape index (κ1) is 17.2. The number of nitrogens with two attached hydrogens (primary N) is 2. The van der Waals surface area contributed by atoms with Crippen LogP contribution in [0.2, 0.25) is 0 Å². The molecule has 1 saturated heterocycles. The highest BCUT2D eigenvalue weighted by atomic mass is 35.5. The maximum Gasteiger partial charge on any atom is 0.237 e. The van der Waals surface area contributed by atoms with Crippen LogP contribution >= 0.6 is 23.7 Å². The number of rotatable bonds is 4. The number of carbonyl (C=O) groups excluding carboxylic acids is 1. The van der Waals surface area contributed by atoms with E-state index in [2.05, 4.69) is 14.8 Å². The minimum atomic E-state index is -0.568. The van der Waals surface area contributed by atoms with E-state index in [-0.39, 0.29) is 18.3 Å². The smallest absolute Gasteiger partial charge is 0.237 e.